The van der Waals surface area contributed by atoms with E-state index in [0.29, 0.717) is 12.8 Å². The molecule has 0 rings (SSSR count). The van der Waals surface area contributed by atoms with Crippen LogP contribution >= 0.6 is 0 Å². The van der Waals surface area contributed by atoms with Gasteiger partial charge in [0.05, 0.1) is 6.61 Å². The van der Waals surface area contributed by atoms with Gasteiger partial charge < -0.3 is 10.5 Å². The van der Waals surface area contributed by atoms with Crippen LogP contribution in [-0.2, 0) is 4.74 Å². The predicted molar refractivity (Wildman–Crippen MR) is 53.8 cm³/mol. The van der Waals surface area contributed by atoms with Gasteiger partial charge in [0.15, 0.2) is 0 Å². The Morgan fingerprint density at radius 2 is 2.00 bits per heavy atom. The molecule has 0 aliphatic rings. The Morgan fingerprint density at radius 1 is 1.44 bits per heavy atom. The SMILES string of the molecule is C=C(C)CCC(N)COCC(F)(F)C(F)F. The summed E-state index contributed by atoms with van der Waals surface area (Å²) < 4.78 is 52.7. The van der Waals surface area contributed by atoms with E-state index in [-0.39, 0.29) is 6.61 Å². The highest BCUT2D eigenvalue weighted by Crippen LogP contribution is 2.22. The van der Waals surface area contributed by atoms with Crippen LogP contribution in [0.2, 0.25) is 0 Å². The predicted octanol–water partition coefficient (Wildman–Crippen LogP) is 2.59. The second kappa shape index (κ2) is 6.85. The van der Waals surface area contributed by atoms with Crippen LogP contribution in [0.4, 0.5) is 17.6 Å². The summed E-state index contributed by atoms with van der Waals surface area (Å²) in [7, 11) is 0. The Kier molecular flexibility index (Phi) is 6.59. The summed E-state index contributed by atoms with van der Waals surface area (Å²) in [5.74, 6) is -4.10. The van der Waals surface area contributed by atoms with Gasteiger partial charge in [-0.25, -0.2) is 8.78 Å². The van der Waals surface area contributed by atoms with E-state index in [1.54, 1.807) is 0 Å². The summed E-state index contributed by atoms with van der Waals surface area (Å²) in [5.41, 5.74) is 6.45. The van der Waals surface area contributed by atoms with E-state index in [9.17, 15) is 17.6 Å². The Labute approximate surface area is 92.4 Å². The lowest BCUT2D eigenvalue weighted by atomic mass is 10.1. The number of halogens is 4. The number of nitrogens with two attached hydrogens (primary N) is 1. The lowest BCUT2D eigenvalue weighted by Crippen LogP contribution is -2.35. The first kappa shape index (κ1) is 15.4. The van der Waals surface area contributed by atoms with E-state index in [1.165, 1.54) is 0 Å². The molecular formula is C10H17F4NO. The van der Waals surface area contributed by atoms with Crippen LogP contribution in [0, 0.1) is 0 Å². The van der Waals surface area contributed by atoms with Crippen molar-refractivity contribution in [3.05, 3.63) is 12.2 Å². The third kappa shape index (κ3) is 6.79. The van der Waals surface area contributed by atoms with Crippen molar-refractivity contribution >= 4 is 0 Å². The molecular weight excluding hydrogens is 226 g/mol. The van der Waals surface area contributed by atoms with Gasteiger partial charge in [0.2, 0.25) is 0 Å². The molecule has 0 aromatic rings. The highest BCUT2D eigenvalue weighted by Gasteiger charge is 2.40. The molecule has 0 aliphatic heterocycles. The van der Waals surface area contributed by atoms with Crippen LogP contribution in [0.3, 0.4) is 0 Å². The average Bonchev–Trinajstić information content (AvgIpc) is 2.14. The van der Waals surface area contributed by atoms with Crippen molar-refractivity contribution in [2.45, 2.75) is 38.2 Å². The van der Waals surface area contributed by atoms with Gasteiger partial charge in [-0.3, -0.25) is 0 Å². The molecule has 0 aromatic heterocycles. The molecule has 1 atom stereocenters. The van der Waals surface area contributed by atoms with Crippen LogP contribution in [-0.4, -0.2) is 31.6 Å². The van der Waals surface area contributed by atoms with E-state index in [1.807, 2.05) is 6.92 Å². The molecule has 6 heteroatoms. The molecule has 2 N–H and O–H groups in total. The molecule has 0 bridgehead atoms. The maximum Gasteiger partial charge on any atom is 0.330 e. The zero-order valence-electron chi connectivity index (χ0n) is 9.19. The van der Waals surface area contributed by atoms with Crippen molar-refractivity contribution < 1.29 is 22.3 Å². The van der Waals surface area contributed by atoms with Gasteiger partial charge in [0.25, 0.3) is 0 Å². The van der Waals surface area contributed by atoms with E-state index < -0.39 is 25.0 Å². The van der Waals surface area contributed by atoms with Gasteiger partial charge >= 0.3 is 12.3 Å². The minimum absolute atomic E-state index is 0.157. The van der Waals surface area contributed by atoms with Crippen molar-refractivity contribution in [2.75, 3.05) is 13.2 Å². The monoisotopic (exact) mass is 243 g/mol. The molecule has 2 nitrogen and oxygen atoms in total. The highest BCUT2D eigenvalue weighted by molar-refractivity contribution is 4.88. The van der Waals surface area contributed by atoms with Crippen molar-refractivity contribution in [1.29, 1.82) is 0 Å². The van der Waals surface area contributed by atoms with Crippen LogP contribution in [0.15, 0.2) is 12.2 Å². The fraction of sp³-hybridized carbons (Fsp3) is 0.800. The molecule has 0 heterocycles. The number of hydrogen-bond donors (Lipinski definition) is 1. The Morgan fingerprint density at radius 3 is 2.44 bits per heavy atom. The molecule has 0 aromatic carbocycles. The molecule has 0 fully saturated rings. The fourth-order valence-corrected chi connectivity index (χ4v) is 0.924. The summed E-state index contributed by atoms with van der Waals surface area (Å²) in [6, 6.07) is -0.440. The highest BCUT2D eigenvalue weighted by atomic mass is 19.3. The Balaban J connectivity index is 3.69. The summed E-state index contributed by atoms with van der Waals surface area (Å²) in [4.78, 5) is 0. The van der Waals surface area contributed by atoms with Gasteiger partial charge in [-0.05, 0) is 19.8 Å². The minimum atomic E-state index is -4.10. The van der Waals surface area contributed by atoms with Gasteiger partial charge in [-0.1, -0.05) is 5.57 Å². The van der Waals surface area contributed by atoms with E-state index in [0.717, 1.165) is 5.57 Å². The van der Waals surface area contributed by atoms with Gasteiger partial charge in [0, 0.05) is 6.04 Å². The number of rotatable bonds is 8. The molecule has 1 unspecified atom stereocenters. The van der Waals surface area contributed by atoms with E-state index in [4.69, 9.17) is 5.73 Å². The van der Waals surface area contributed by atoms with Gasteiger partial charge in [0.1, 0.15) is 6.61 Å². The number of allylic oxidation sites excluding steroid dienone is 1. The summed E-state index contributed by atoms with van der Waals surface area (Å²) >= 11 is 0. The molecule has 96 valence electrons. The number of alkyl halides is 4. The second-order valence-electron chi connectivity index (χ2n) is 3.83. The molecule has 0 spiro atoms. The first-order valence-electron chi connectivity index (χ1n) is 4.89. The summed E-state index contributed by atoms with van der Waals surface area (Å²) in [6.07, 6.45) is -2.51. The van der Waals surface area contributed by atoms with Crippen LogP contribution < -0.4 is 5.73 Å². The standard InChI is InChI=1S/C10H17F4NO/c1-7(2)3-4-8(15)5-16-6-10(13,14)9(11)12/h8-9H,1,3-6,15H2,2H3. The Hall–Kier alpha value is -0.620. The maximum atomic E-state index is 12.4. The van der Waals surface area contributed by atoms with Gasteiger partial charge in [-0.15, -0.1) is 6.58 Å². The lowest BCUT2D eigenvalue weighted by Gasteiger charge is -2.17. The normalized spacial score (nSPS) is 14.2. The second-order valence-corrected chi connectivity index (χ2v) is 3.83. The third-order valence-electron chi connectivity index (χ3n) is 1.89. The largest absolute Gasteiger partial charge is 0.373 e. The van der Waals surface area contributed by atoms with E-state index in [2.05, 4.69) is 11.3 Å². The maximum absolute atomic E-state index is 12.4. The fourth-order valence-electron chi connectivity index (χ4n) is 0.924. The summed E-state index contributed by atoms with van der Waals surface area (Å²) in [5, 5.41) is 0. The lowest BCUT2D eigenvalue weighted by molar-refractivity contribution is -0.166. The first-order valence-corrected chi connectivity index (χ1v) is 4.89. The van der Waals surface area contributed by atoms with Crippen LogP contribution in [0.25, 0.3) is 0 Å². The van der Waals surface area contributed by atoms with Crippen molar-refractivity contribution in [1.82, 2.24) is 0 Å². The molecule has 0 amide bonds. The number of hydrogen-bond acceptors (Lipinski definition) is 2. The van der Waals surface area contributed by atoms with Crippen molar-refractivity contribution in [3.8, 4) is 0 Å². The third-order valence-corrected chi connectivity index (χ3v) is 1.89. The Bertz CT molecular complexity index is 221. The topological polar surface area (TPSA) is 35.2 Å². The number of ether oxygens (including phenoxy) is 1. The zero-order chi connectivity index (χ0) is 12.8. The first-order chi connectivity index (χ1) is 7.25. The average molecular weight is 243 g/mol. The van der Waals surface area contributed by atoms with Crippen LogP contribution in [0.5, 0.6) is 0 Å². The molecule has 0 radical (unpaired) electrons. The molecule has 0 saturated carbocycles. The molecule has 0 saturated heterocycles. The van der Waals surface area contributed by atoms with Crippen molar-refractivity contribution in [3.63, 3.8) is 0 Å². The zero-order valence-corrected chi connectivity index (χ0v) is 9.19. The molecule has 0 aliphatic carbocycles. The quantitative estimate of drug-likeness (QED) is 0.525. The van der Waals surface area contributed by atoms with Gasteiger partial charge in [-0.2, -0.15) is 8.78 Å². The minimum Gasteiger partial charge on any atom is -0.373 e. The van der Waals surface area contributed by atoms with Crippen LogP contribution in [0.1, 0.15) is 19.8 Å². The van der Waals surface area contributed by atoms with Crippen molar-refractivity contribution in [2.24, 2.45) is 5.73 Å². The van der Waals surface area contributed by atoms with E-state index >= 15 is 0 Å². The smallest absolute Gasteiger partial charge is 0.330 e. The molecule has 16 heavy (non-hydrogen) atoms. The summed E-state index contributed by atoms with van der Waals surface area (Å²) in [6.45, 7) is 4.01.